The Hall–Kier alpha value is -0.630. The first-order valence-electron chi connectivity index (χ1n) is 7.57. The Kier molecular flexibility index (Phi) is 3.33. The van der Waals surface area contributed by atoms with Gasteiger partial charge in [-0.15, -0.1) is 0 Å². The summed E-state index contributed by atoms with van der Waals surface area (Å²) < 4.78 is 5.59. The van der Waals surface area contributed by atoms with Crippen LogP contribution in [-0.4, -0.2) is 48.3 Å². The number of nitrogens with zero attached hydrogens (tertiary/aromatic N) is 2. The summed E-state index contributed by atoms with van der Waals surface area (Å²) in [5, 5.41) is 13.5. The van der Waals surface area contributed by atoms with Crippen molar-refractivity contribution in [1.82, 2.24) is 10.2 Å². The van der Waals surface area contributed by atoms with E-state index in [1.165, 1.54) is 25.7 Å². The predicted octanol–water partition coefficient (Wildman–Crippen LogP) is 1.52. The summed E-state index contributed by atoms with van der Waals surface area (Å²) in [5.41, 5.74) is -0.282. The third-order valence-corrected chi connectivity index (χ3v) is 4.77. The number of nitriles is 1. The van der Waals surface area contributed by atoms with E-state index in [2.05, 4.69) is 30.1 Å². The molecular formula is C15H25N3O. The molecule has 0 radical (unpaired) electrons. The number of morpholine rings is 1. The molecule has 2 aliphatic carbocycles. The molecule has 4 heteroatoms. The molecule has 1 atom stereocenters. The van der Waals surface area contributed by atoms with E-state index in [1.54, 1.807) is 0 Å². The molecule has 1 aliphatic heterocycles. The molecule has 1 heterocycles. The van der Waals surface area contributed by atoms with Gasteiger partial charge in [-0.05, 0) is 45.4 Å². The van der Waals surface area contributed by atoms with Crippen LogP contribution in [0.3, 0.4) is 0 Å². The van der Waals surface area contributed by atoms with Crippen LogP contribution < -0.4 is 5.32 Å². The second-order valence-corrected chi connectivity index (χ2v) is 7.06. The Bertz CT molecular complexity index is 381. The number of hydrogen-bond acceptors (Lipinski definition) is 4. The van der Waals surface area contributed by atoms with Gasteiger partial charge in [-0.1, -0.05) is 0 Å². The lowest BCUT2D eigenvalue weighted by molar-refractivity contribution is -0.0599. The maximum absolute atomic E-state index is 9.79. The fourth-order valence-corrected chi connectivity index (χ4v) is 3.10. The van der Waals surface area contributed by atoms with Crippen molar-refractivity contribution in [3.63, 3.8) is 0 Å². The summed E-state index contributed by atoms with van der Waals surface area (Å²) >= 11 is 0. The van der Waals surface area contributed by atoms with Crippen LogP contribution in [0.5, 0.6) is 0 Å². The zero-order valence-corrected chi connectivity index (χ0v) is 12.1. The number of ether oxygens (including phenoxy) is 1. The Labute approximate surface area is 116 Å². The van der Waals surface area contributed by atoms with Crippen molar-refractivity contribution in [3.8, 4) is 6.07 Å². The minimum Gasteiger partial charge on any atom is -0.378 e. The largest absolute Gasteiger partial charge is 0.378 e. The first kappa shape index (κ1) is 13.4. The quantitative estimate of drug-likeness (QED) is 0.817. The van der Waals surface area contributed by atoms with E-state index >= 15 is 0 Å². The number of nitrogens with one attached hydrogen (secondary N) is 1. The zero-order valence-electron chi connectivity index (χ0n) is 12.1. The van der Waals surface area contributed by atoms with Crippen LogP contribution in [-0.2, 0) is 4.74 Å². The molecule has 0 aromatic heterocycles. The van der Waals surface area contributed by atoms with E-state index in [0.717, 1.165) is 26.3 Å². The molecule has 0 bridgehead atoms. The van der Waals surface area contributed by atoms with Gasteiger partial charge >= 0.3 is 0 Å². The van der Waals surface area contributed by atoms with Crippen molar-refractivity contribution in [2.45, 2.75) is 56.7 Å². The lowest BCUT2D eigenvalue weighted by Crippen LogP contribution is -2.62. The Morgan fingerprint density at radius 1 is 1.37 bits per heavy atom. The monoisotopic (exact) mass is 263 g/mol. The van der Waals surface area contributed by atoms with Crippen molar-refractivity contribution in [2.75, 3.05) is 26.3 Å². The summed E-state index contributed by atoms with van der Waals surface area (Å²) in [4.78, 5) is 2.45. The van der Waals surface area contributed by atoms with E-state index in [-0.39, 0.29) is 11.1 Å². The highest BCUT2D eigenvalue weighted by atomic mass is 16.5. The van der Waals surface area contributed by atoms with Crippen molar-refractivity contribution < 1.29 is 4.74 Å². The molecule has 3 rings (SSSR count). The van der Waals surface area contributed by atoms with Crippen molar-refractivity contribution in [2.24, 2.45) is 5.92 Å². The van der Waals surface area contributed by atoms with Crippen LogP contribution in [0.25, 0.3) is 0 Å². The molecule has 0 aromatic carbocycles. The standard InChI is InChI=1S/C15H25N3O/c1-14(2)11-19-8-7-18(14)10-15(9-16,12-3-4-12)17-13-5-6-13/h12-13,17H,3-8,10-11H2,1-2H3. The summed E-state index contributed by atoms with van der Waals surface area (Å²) in [6.07, 6.45) is 4.89. The second kappa shape index (κ2) is 4.73. The summed E-state index contributed by atoms with van der Waals surface area (Å²) in [7, 11) is 0. The highest BCUT2D eigenvalue weighted by Crippen LogP contribution is 2.42. The highest BCUT2D eigenvalue weighted by molar-refractivity contribution is 5.19. The third-order valence-electron chi connectivity index (χ3n) is 4.77. The molecule has 2 saturated carbocycles. The minimum absolute atomic E-state index is 0.0421. The summed E-state index contributed by atoms with van der Waals surface area (Å²) in [6.45, 7) is 7.79. The first-order chi connectivity index (χ1) is 9.06. The average molecular weight is 263 g/mol. The molecule has 1 N–H and O–H groups in total. The van der Waals surface area contributed by atoms with Gasteiger partial charge in [-0.25, -0.2) is 0 Å². The summed E-state index contributed by atoms with van der Waals surface area (Å²) in [5.74, 6) is 0.553. The van der Waals surface area contributed by atoms with E-state index in [9.17, 15) is 5.26 Å². The third kappa shape index (κ3) is 2.79. The fourth-order valence-electron chi connectivity index (χ4n) is 3.10. The molecule has 0 aromatic rings. The topological polar surface area (TPSA) is 48.3 Å². The summed E-state index contributed by atoms with van der Waals surface area (Å²) in [6, 6.07) is 3.23. The highest BCUT2D eigenvalue weighted by Gasteiger charge is 2.50. The molecule has 0 amide bonds. The van der Waals surface area contributed by atoms with E-state index in [0.29, 0.717) is 12.0 Å². The smallest absolute Gasteiger partial charge is 0.122 e. The van der Waals surface area contributed by atoms with E-state index < -0.39 is 0 Å². The lowest BCUT2D eigenvalue weighted by Gasteiger charge is -2.46. The SMILES string of the molecule is CC1(C)COCCN1CC(C#N)(NC1CC1)C1CC1. The van der Waals surface area contributed by atoms with E-state index in [4.69, 9.17) is 4.74 Å². The number of rotatable bonds is 5. The Morgan fingerprint density at radius 3 is 2.63 bits per heavy atom. The maximum atomic E-state index is 9.79. The van der Waals surface area contributed by atoms with Crippen LogP contribution in [0.2, 0.25) is 0 Å². The predicted molar refractivity (Wildman–Crippen MR) is 73.7 cm³/mol. The van der Waals surface area contributed by atoms with Crippen LogP contribution >= 0.6 is 0 Å². The van der Waals surface area contributed by atoms with Crippen LogP contribution in [0.15, 0.2) is 0 Å². The van der Waals surface area contributed by atoms with Gasteiger partial charge in [0.2, 0.25) is 0 Å². The molecule has 3 fully saturated rings. The van der Waals surface area contributed by atoms with E-state index in [1.807, 2.05) is 0 Å². The van der Waals surface area contributed by atoms with Gasteiger partial charge in [0.1, 0.15) is 5.54 Å². The van der Waals surface area contributed by atoms with Crippen LogP contribution in [0, 0.1) is 17.2 Å². The van der Waals surface area contributed by atoms with Gasteiger partial charge in [0, 0.05) is 24.7 Å². The maximum Gasteiger partial charge on any atom is 0.122 e. The van der Waals surface area contributed by atoms with Gasteiger partial charge in [-0.2, -0.15) is 5.26 Å². The van der Waals surface area contributed by atoms with Gasteiger partial charge in [-0.3, -0.25) is 10.2 Å². The second-order valence-electron chi connectivity index (χ2n) is 7.06. The molecule has 1 unspecified atom stereocenters. The minimum atomic E-state index is -0.324. The average Bonchev–Trinajstić information content (AvgIpc) is 3.24. The molecule has 106 valence electrons. The zero-order chi connectivity index (χ0) is 13.5. The molecule has 3 aliphatic rings. The van der Waals surface area contributed by atoms with Crippen molar-refractivity contribution >= 4 is 0 Å². The van der Waals surface area contributed by atoms with Gasteiger partial charge in [0.15, 0.2) is 0 Å². The Morgan fingerprint density at radius 2 is 2.11 bits per heavy atom. The van der Waals surface area contributed by atoms with Crippen molar-refractivity contribution in [3.05, 3.63) is 0 Å². The lowest BCUT2D eigenvalue weighted by atomic mass is 9.90. The Balaban J connectivity index is 1.74. The normalized spacial score (nSPS) is 30.6. The first-order valence-corrected chi connectivity index (χ1v) is 7.57. The van der Waals surface area contributed by atoms with Crippen LogP contribution in [0.1, 0.15) is 39.5 Å². The van der Waals surface area contributed by atoms with Gasteiger partial charge in [0.05, 0.1) is 19.3 Å². The fraction of sp³-hybridized carbons (Fsp3) is 0.933. The molecular weight excluding hydrogens is 238 g/mol. The number of hydrogen-bond donors (Lipinski definition) is 1. The molecule has 19 heavy (non-hydrogen) atoms. The van der Waals surface area contributed by atoms with Crippen LogP contribution in [0.4, 0.5) is 0 Å². The van der Waals surface area contributed by atoms with Gasteiger partial charge < -0.3 is 4.74 Å². The van der Waals surface area contributed by atoms with Gasteiger partial charge in [0.25, 0.3) is 0 Å². The molecule has 0 spiro atoms. The van der Waals surface area contributed by atoms with Crippen molar-refractivity contribution in [1.29, 1.82) is 5.26 Å². The molecule has 4 nitrogen and oxygen atoms in total. The molecule has 1 saturated heterocycles.